The fraction of sp³-hybridized carbons (Fsp3) is 0.500. The summed E-state index contributed by atoms with van der Waals surface area (Å²) in [5.41, 5.74) is 1.81. The van der Waals surface area contributed by atoms with E-state index in [1.165, 1.54) is 41.9 Å². The van der Waals surface area contributed by atoms with E-state index in [0.717, 1.165) is 0 Å². The van der Waals surface area contributed by atoms with Crippen molar-refractivity contribution < 1.29 is 0 Å². The summed E-state index contributed by atoms with van der Waals surface area (Å²) in [6.07, 6.45) is 10.0. The van der Waals surface area contributed by atoms with E-state index in [4.69, 9.17) is 0 Å². The van der Waals surface area contributed by atoms with Gasteiger partial charge in [-0.1, -0.05) is 57.0 Å². The van der Waals surface area contributed by atoms with Crippen LogP contribution in [0, 0.1) is 5.41 Å². The standard InChI is InChI=1S/C16H22S/c1-3-5-11-16(4-2)12-10-14-8-6-7-9-15(14)17-13-16/h6-10,12H,3-5,11,13H2,1-2H3. The molecule has 92 valence electrons. The Bertz CT molecular complexity index is 394. The zero-order valence-electron chi connectivity index (χ0n) is 10.9. The topological polar surface area (TPSA) is 0 Å². The molecule has 1 atom stereocenters. The molecule has 1 aliphatic heterocycles. The lowest BCUT2D eigenvalue weighted by Gasteiger charge is -2.28. The molecular formula is C16H22S. The van der Waals surface area contributed by atoms with E-state index in [0.29, 0.717) is 5.41 Å². The van der Waals surface area contributed by atoms with Crippen molar-refractivity contribution in [2.75, 3.05) is 5.75 Å². The fourth-order valence-corrected chi connectivity index (χ4v) is 3.73. The number of benzene rings is 1. The molecule has 0 radical (unpaired) electrons. The van der Waals surface area contributed by atoms with Gasteiger partial charge in [0.05, 0.1) is 0 Å². The number of allylic oxidation sites excluding steroid dienone is 1. The van der Waals surface area contributed by atoms with Gasteiger partial charge in [0.1, 0.15) is 0 Å². The Hall–Kier alpha value is -0.690. The molecule has 0 aliphatic carbocycles. The second-order valence-corrected chi connectivity index (χ2v) is 6.00. The molecule has 1 heterocycles. The number of thioether (sulfide) groups is 1. The first-order valence-corrected chi connectivity index (χ1v) is 7.69. The van der Waals surface area contributed by atoms with Gasteiger partial charge in [-0.2, -0.15) is 0 Å². The molecule has 0 saturated carbocycles. The van der Waals surface area contributed by atoms with Crippen LogP contribution in [-0.2, 0) is 0 Å². The Balaban J connectivity index is 2.20. The van der Waals surface area contributed by atoms with E-state index in [9.17, 15) is 0 Å². The molecule has 2 rings (SSSR count). The zero-order chi connectivity index (χ0) is 12.1. The van der Waals surface area contributed by atoms with Crippen molar-refractivity contribution in [3.05, 3.63) is 35.9 Å². The maximum atomic E-state index is 2.47. The van der Waals surface area contributed by atoms with Crippen molar-refractivity contribution in [2.24, 2.45) is 5.41 Å². The Labute approximate surface area is 110 Å². The van der Waals surface area contributed by atoms with E-state index < -0.39 is 0 Å². The minimum absolute atomic E-state index is 0.416. The highest BCUT2D eigenvalue weighted by Crippen LogP contribution is 2.41. The van der Waals surface area contributed by atoms with Crippen LogP contribution in [0.5, 0.6) is 0 Å². The molecule has 0 amide bonds. The van der Waals surface area contributed by atoms with Gasteiger partial charge >= 0.3 is 0 Å². The van der Waals surface area contributed by atoms with Gasteiger partial charge in [-0.25, -0.2) is 0 Å². The van der Waals surface area contributed by atoms with Crippen molar-refractivity contribution >= 4 is 17.8 Å². The molecule has 1 unspecified atom stereocenters. The van der Waals surface area contributed by atoms with Crippen LogP contribution in [0.1, 0.15) is 45.1 Å². The Morgan fingerprint density at radius 1 is 1.24 bits per heavy atom. The molecule has 0 saturated heterocycles. The molecular weight excluding hydrogens is 224 g/mol. The summed E-state index contributed by atoms with van der Waals surface area (Å²) < 4.78 is 0. The Morgan fingerprint density at radius 3 is 2.82 bits per heavy atom. The highest BCUT2D eigenvalue weighted by Gasteiger charge is 2.26. The molecule has 0 bridgehead atoms. The summed E-state index contributed by atoms with van der Waals surface area (Å²) in [4.78, 5) is 1.44. The lowest BCUT2D eigenvalue weighted by atomic mass is 9.81. The van der Waals surface area contributed by atoms with Crippen molar-refractivity contribution in [3.63, 3.8) is 0 Å². The summed E-state index contributed by atoms with van der Waals surface area (Å²) in [5, 5.41) is 0. The van der Waals surface area contributed by atoms with Crippen LogP contribution in [0.15, 0.2) is 35.2 Å². The quantitative estimate of drug-likeness (QED) is 0.686. The van der Waals surface area contributed by atoms with Crippen LogP contribution in [0.3, 0.4) is 0 Å². The second kappa shape index (κ2) is 5.77. The molecule has 17 heavy (non-hydrogen) atoms. The van der Waals surface area contributed by atoms with Gasteiger partial charge in [0.25, 0.3) is 0 Å². The summed E-state index contributed by atoms with van der Waals surface area (Å²) in [6, 6.07) is 8.75. The van der Waals surface area contributed by atoms with Crippen molar-refractivity contribution in [3.8, 4) is 0 Å². The lowest BCUT2D eigenvalue weighted by Crippen LogP contribution is -2.19. The van der Waals surface area contributed by atoms with Crippen LogP contribution in [0.4, 0.5) is 0 Å². The van der Waals surface area contributed by atoms with E-state index in [2.05, 4.69) is 50.3 Å². The summed E-state index contributed by atoms with van der Waals surface area (Å²) in [7, 11) is 0. The Morgan fingerprint density at radius 2 is 2.06 bits per heavy atom. The van der Waals surface area contributed by atoms with Gasteiger partial charge < -0.3 is 0 Å². The smallest absolute Gasteiger partial charge is 0.0145 e. The Kier molecular flexibility index (Phi) is 4.33. The third kappa shape index (κ3) is 2.95. The molecule has 1 heteroatoms. The van der Waals surface area contributed by atoms with Crippen molar-refractivity contribution in [1.29, 1.82) is 0 Å². The molecule has 0 nitrogen and oxygen atoms in total. The molecule has 1 aromatic rings. The van der Waals surface area contributed by atoms with Crippen LogP contribution in [0.2, 0.25) is 0 Å². The SMILES string of the molecule is CCCCC1(CC)C=Cc2ccccc2SC1. The summed E-state index contributed by atoms with van der Waals surface area (Å²) in [6.45, 7) is 4.61. The van der Waals surface area contributed by atoms with E-state index in [-0.39, 0.29) is 0 Å². The number of hydrogen-bond acceptors (Lipinski definition) is 1. The highest BCUT2D eigenvalue weighted by atomic mass is 32.2. The first-order chi connectivity index (χ1) is 8.29. The first kappa shape index (κ1) is 12.8. The number of fused-ring (bicyclic) bond motifs is 1. The molecule has 1 aliphatic rings. The summed E-state index contributed by atoms with van der Waals surface area (Å²) >= 11 is 2.03. The second-order valence-electron chi connectivity index (χ2n) is 4.98. The lowest BCUT2D eigenvalue weighted by molar-refractivity contribution is 0.374. The molecule has 0 fully saturated rings. The van der Waals surface area contributed by atoms with Gasteiger partial charge in [0, 0.05) is 10.6 Å². The van der Waals surface area contributed by atoms with Crippen LogP contribution < -0.4 is 0 Å². The molecule has 0 spiro atoms. The molecule has 0 aromatic heterocycles. The van der Waals surface area contributed by atoms with Gasteiger partial charge in [0.15, 0.2) is 0 Å². The van der Waals surface area contributed by atoms with Gasteiger partial charge in [0.2, 0.25) is 0 Å². The molecule has 0 N–H and O–H groups in total. The maximum absolute atomic E-state index is 2.47. The highest BCUT2D eigenvalue weighted by molar-refractivity contribution is 7.99. The number of rotatable bonds is 4. The average Bonchev–Trinajstić information content (AvgIpc) is 2.57. The van der Waals surface area contributed by atoms with Crippen LogP contribution in [0.25, 0.3) is 6.08 Å². The minimum Gasteiger partial charge on any atom is -0.125 e. The third-order valence-corrected chi connectivity index (χ3v) is 5.18. The minimum atomic E-state index is 0.416. The van der Waals surface area contributed by atoms with Gasteiger partial charge in [-0.3, -0.25) is 0 Å². The zero-order valence-corrected chi connectivity index (χ0v) is 11.7. The van der Waals surface area contributed by atoms with E-state index in [1.807, 2.05) is 11.8 Å². The number of hydrogen-bond donors (Lipinski definition) is 0. The van der Waals surface area contributed by atoms with Crippen LogP contribution >= 0.6 is 11.8 Å². The normalized spacial score (nSPS) is 23.2. The van der Waals surface area contributed by atoms with E-state index >= 15 is 0 Å². The van der Waals surface area contributed by atoms with Crippen LogP contribution in [-0.4, -0.2) is 5.75 Å². The predicted octanol–water partition coefficient (Wildman–Crippen LogP) is 5.39. The fourth-order valence-electron chi connectivity index (χ4n) is 2.37. The van der Waals surface area contributed by atoms with E-state index in [1.54, 1.807) is 0 Å². The maximum Gasteiger partial charge on any atom is 0.0145 e. The largest absolute Gasteiger partial charge is 0.125 e. The average molecular weight is 246 g/mol. The van der Waals surface area contributed by atoms with Crippen molar-refractivity contribution in [1.82, 2.24) is 0 Å². The van der Waals surface area contributed by atoms with Crippen molar-refractivity contribution in [2.45, 2.75) is 44.4 Å². The number of unbranched alkanes of at least 4 members (excludes halogenated alkanes) is 1. The predicted molar refractivity (Wildman–Crippen MR) is 78.4 cm³/mol. The third-order valence-electron chi connectivity index (χ3n) is 3.78. The van der Waals surface area contributed by atoms with Gasteiger partial charge in [-0.05, 0) is 29.9 Å². The monoisotopic (exact) mass is 246 g/mol. The summed E-state index contributed by atoms with van der Waals surface area (Å²) in [5.74, 6) is 1.23. The van der Waals surface area contributed by atoms with Gasteiger partial charge in [-0.15, -0.1) is 11.8 Å². The molecule has 1 aromatic carbocycles. The first-order valence-electron chi connectivity index (χ1n) is 6.71.